The Labute approximate surface area is 400 Å². The van der Waals surface area contributed by atoms with E-state index in [2.05, 4.69) is 0 Å². The van der Waals surface area contributed by atoms with E-state index in [-0.39, 0.29) is 51.0 Å². The van der Waals surface area contributed by atoms with E-state index in [0.717, 1.165) is 0 Å². The molecule has 18 heteroatoms. The van der Waals surface area contributed by atoms with Gasteiger partial charge in [0, 0.05) is 44.1 Å². The third kappa shape index (κ3) is 19.4. The van der Waals surface area contributed by atoms with Crippen molar-refractivity contribution in [2.75, 3.05) is 6.61 Å². The zero-order valence-electron chi connectivity index (χ0n) is 40.0. The van der Waals surface area contributed by atoms with E-state index in [1.807, 2.05) is 50.3 Å². The van der Waals surface area contributed by atoms with E-state index in [0.29, 0.717) is 6.42 Å². The predicted octanol–water partition coefficient (Wildman–Crippen LogP) is 2.15. The molecule has 386 valence electrons. The average molecular weight is 966 g/mol. The fourth-order valence-corrected chi connectivity index (χ4v) is 8.39. The van der Waals surface area contributed by atoms with Gasteiger partial charge in [0.05, 0.1) is 79.6 Å². The molecular formula is C50H79NO17. The lowest BCUT2D eigenvalue weighted by molar-refractivity contribution is -0.324. The van der Waals surface area contributed by atoms with Crippen LogP contribution in [0.3, 0.4) is 0 Å². The molecule has 3 rings (SSSR count). The summed E-state index contributed by atoms with van der Waals surface area (Å²) >= 11 is 0. The maximum atomic E-state index is 12.7. The van der Waals surface area contributed by atoms with Crippen LogP contribution in [-0.4, -0.2) is 167 Å². The summed E-state index contributed by atoms with van der Waals surface area (Å²) in [6.07, 6.45) is 5.76. The zero-order chi connectivity index (χ0) is 50.6. The molecule has 68 heavy (non-hydrogen) atoms. The van der Waals surface area contributed by atoms with Gasteiger partial charge in [0.2, 0.25) is 0 Å². The molecule has 0 unspecified atom stereocenters. The number of carboxylic acid groups (broad SMARTS) is 1. The van der Waals surface area contributed by atoms with Crippen molar-refractivity contribution in [1.82, 2.24) is 0 Å². The largest absolute Gasteiger partial charge is 0.481 e. The van der Waals surface area contributed by atoms with E-state index in [1.165, 1.54) is 0 Å². The highest BCUT2D eigenvalue weighted by atomic mass is 16.7. The summed E-state index contributed by atoms with van der Waals surface area (Å²) in [6.45, 7) is 8.69. The smallest absolute Gasteiger partial charge is 0.311 e. The number of cyclic esters (lactones) is 1. The highest BCUT2D eigenvalue weighted by molar-refractivity contribution is 5.71. The van der Waals surface area contributed by atoms with Crippen LogP contribution in [0.2, 0.25) is 0 Å². The SMILES string of the molecule is CCCO[C@]12C[C@@H](O)C[C@@H](O)[C@H](O)CC[C@@H](O)C[C@@H](O)CC(=O)O[C@@H](C)[C@H](C)[C@H](O)[C@@H](C)C=CC=CC=CC=CC=CC=CC=C[C@H](O[C@@H]3O[C@H](C)[C@@H](O)[C@H](N)[C@@H]3O)C[C@H](O1)[C@H](C(=O)O)[C@@H](O)C2. The topological polar surface area (TPSA) is 309 Å². The van der Waals surface area contributed by atoms with E-state index in [4.69, 9.17) is 29.4 Å². The number of hydrogen-bond donors (Lipinski definition) is 11. The third-order valence-corrected chi connectivity index (χ3v) is 12.6. The first-order valence-corrected chi connectivity index (χ1v) is 23.8. The second-order valence-corrected chi connectivity index (χ2v) is 18.4. The minimum atomic E-state index is -1.77. The quantitative estimate of drug-likeness (QED) is 0.170. The number of carbonyl (C=O) groups excluding carboxylic acids is 1. The van der Waals surface area contributed by atoms with Crippen LogP contribution in [-0.2, 0) is 33.3 Å². The molecule has 2 fully saturated rings. The van der Waals surface area contributed by atoms with Crippen molar-refractivity contribution in [3.63, 3.8) is 0 Å². The molecule has 18 nitrogen and oxygen atoms in total. The summed E-state index contributed by atoms with van der Waals surface area (Å²) in [6, 6.07) is -1.13. The van der Waals surface area contributed by atoms with E-state index in [9.17, 15) is 60.7 Å². The number of carbonyl (C=O) groups is 2. The zero-order valence-corrected chi connectivity index (χ0v) is 40.0. The normalized spacial score (nSPS) is 40.7. The van der Waals surface area contributed by atoms with Crippen LogP contribution in [0.15, 0.2) is 85.1 Å². The Bertz CT molecular complexity index is 1720. The van der Waals surface area contributed by atoms with Gasteiger partial charge >= 0.3 is 11.9 Å². The van der Waals surface area contributed by atoms with Crippen LogP contribution in [0.25, 0.3) is 0 Å². The summed E-state index contributed by atoms with van der Waals surface area (Å²) in [5.41, 5.74) is 6.08. The maximum Gasteiger partial charge on any atom is 0.311 e. The van der Waals surface area contributed by atoms with Gasteiger partial charge in [-0.15, -0.1) is 0 Å². The van der Waals surface area contributed by atoms with Crippen molar-refractivity contribution in [3.8, 4) is 0 Å². The number of aliphatic hydroxyl groups is 9. The number of aliphatic hydroxyl groups excluding tert-OH is 9. The van der Waals surface area contributed by atoms with Gasteiger partial charge < -0.3 is 80.5 Å². The number of nitrogens with two attached hydrogens (primary N) is 1. The van der Waals surface area contributed by atoms with Gasteiger partial charge in [0.15, 0.2) is 12.1 Å². The molecule has 0 aliphatic carbocycles. The fourth-order valence-electron chi connectivity index (χ4n) is 8.39. The number of ether oxygens (including phenoxy) is 5. The lowest BCUT2D eigenvalue weighted by Crippen LogP contribution is -2.61. The van der Waals surface area contributed by atoms with E-state index in [1.54, 1.807) is 69.4 Å². The number of esters is 1. The van der Waals surface area contributed by atoms with Crippen molar-refractivity contribution in [2.45, 2.75) is 190 Å². The lowest BCUT2D eigenvalue weighted by atomic mass is 9.82. The van der Waals surface area contributed by atoms with E-state index >= 15 is 0 Å². The number of rotatable bonds is 6. The van der Waals surface area contributed by atoms with Gasteiger partial charge in [0.1, 0.15) is 18.1 Å². The summed E-state index contributed by atoms with van der Waals surface area (Å²) in [7, 11) is 0. The second kappa shape index (κ2) is 29.7. The van der Waals surface area contributed by atoms with Crippen molar-refractivity contribution in [2.24, 2.45) is 23.5 Å². The number of hydrogen-bond acceptors (Lipinski definition) is 17. The van der Waals surface area contributed by atoms with Gasteiger partial charge in [-0.3, -0.25) is 9.59 Å². The number of carboxylic acids is 1. The molecular weight excluding hydrogens is 887 g/mol. The van der Waals surface area contributed by atoms with Gasteiger partial charge in [0.25, 0.3) is 0 Å². The summed E-state index contributed by atoms with van der Waals surface area (Å²) < 4.78 is 30.0. The molecule has 0 amide bonds. The molecule has 0 aromatic carbocycles. The molecule has 2 bridgehead atoms. The molecule has 3 heterocycles. The second-order valence-electron chi connectivity index (χ2n) is 18.4. The Morgan fingerprint density at radius 2 is 1.28 bits per heavy atom. The molecule has 2 saturated heterocycles. The Morgan fingerprint density at radius 3 is 1.87 bits per heavy atom. The minimum Gasteiger partial charge on any atom is -0.481 e. The molecule has 0 aromatic rings. The van der Waals surface area contributed by atoms with Crippen LogP contribution in [0.5, 0.6) is 0 Å². The number of fused-ring (bicyclic) bond motifs is 2. The molecule has 19 atom stereocenters. The predicted molar refractivity (Wildman–Crippen MR) is 251 cm³/mol. The first-order valence-electron chi connectivity index (χ1n) is 23.8. The fraction of sp³-hybridized carbons (Fsp3) is 0.680. The van der Waals surface area contributed by atoms with Crippen LogP contribution in [0, 0.1) is 17.8 Å². The van der Waals surface area contributed by atoms with Crippen molar-refractivity contribution in [3.05, 3.63) is 85.1 Å². The molecule has 12 N–H and O–H groups in total. The summed E-state index contributed by atoms with van der Waals surface area (Å²) in [4.78, 5) is 25.4. The Kier molecular flexibility index (Phi) is 25.7. The molecule has 0 spiro atoms. The number of allylic oxidation sites excluding steroid dienone is 12. The molecule has 3 aliphatic heterocycles. The third-order valence-electron chi connectivity index (χ3n) is 12.6. The monoisotopic (exact) mass is 966 g/mol. The summed E-state index contributed by atoms with van der Waals surface area (Å²) in [5.74, 6) is -6.10. The molecule has 3 aliphatic rings. The first kappa shape index (κ1) is 58.9. The van der Waals surface area contributed by atoms with Gasteiger partial charge in [-0.05, 0) is 39.5 Å². The van der Waals surface area contributed by atoms with Gasteiger partial charge in [-0.2, -0.15) is 0 Å². The summed E-state index contributed by atoms with van der Waals surface area (Å²) in [5, 5.41) is 108. The highest BCUT2D eigenvalue weighted by Crippen LogP contribution is 2.40. The Hall–Kier alpha value is -3.44. The van der Waals surface area contributed by atoms with Crippen LogP contribution >= 0.6 is 0 Å². The molecule has 0 aromatic heterocycles. The first-order chi connectivity index (χ1) is 32.2. The van der Waals surface area contributed by atoms with E-state index < -0.39 is 134 Å². The van der Waals surface area contributed by atoms with Crippen LogP contribution < -0.4 is 5.73 Å². The van der Waals surface area contributed by atoms with Crippen molar-refractivity contribution in [1.29, 1.82) is 0 Å². The van der Waals surface area contributed by atoms with Crippen molar-refractivity contribution >= 4 is 11.9 Å². The standard InChI is InChI=1S/C50H79NO17/c1-6-23-64-50-28-36(54)25-39(56)38(55)22-21-34(52)24-35(53)26-42(58)65-32(4)31(3)45(59)30(2)19-17-15-13-11-9-7-8-10-12-14-16-18-20-37(27-41(68-50)43(48(62)63)40(57)29-50)67-49-47(61)44(51)46(60)33(5)66-49/h7-20,30-41,43-47,49,52-57,59-61H,6,21-29,51H2,1-5H3,(H,62,63)/t30-,31-,32-,33+,34+,35+,36-,37-,38+,39+,40-,41-,43+,44-,45+,46+,47-,49-,50+/m0/s1. The van der Waals surface area contributed by atoms with Crippen molar-refractivity contribution < 1.29 is 84.3 Å². The molecule has 0 radical (unpaired) electrons. The van der Waals surface area contributed by atoms with Crippen LogP contribution in [0.4, 0.5) is 0 Å². The lowest BCUT2D eigenvalue weighted by Gasteiger charge is -2.47. The minimum absolute atomic E-state index is 0.0789. The van der Waals surface area contributed by atoms with Gasteiger partial charge in [-0.1, -0.05) is 106 Å². The van der Waals surface area contributed by atoms with Crippen LogP contribution in [0.1, 0.15) is 92.4 Å². The Balaban J connectivity index is 1.93. The van der Waals surface area contributed by atoms with Gasteiger partial charge in [-0.25, -0.2) is 0 Å². The maximum absolute atomic E-state index is 12.7. The number of aliphatic carboxylic acids is 1. The molecule has 0 saturated carbocycles. The highest BCUT2D eigenvalue weighted by Gasteiger charge is 2.52. The Morgan fingerprint density at radius 1 is 0.691 bits per heavy atom. The average Bonchev–Trinajstić information content (AvgIpc) is 3.26.